The van der Waals surface area contributed by atoms with Crippen molar-refractivity contribution in [2.45, 2.75) is 96.8 Å². The molecule has 0 spiro atoms. The molecule has 0 heterocycles. The van der Waals surface area contributed by atoms with E-state index in [0.29, 0.717) is 0 Å². The molecule has 0 aromatic carbocycles. The van der Waals surface area contributed by atoms with Crippen LogP contribution in [0.2, 0.25) is 0 Å². The van der Waals surface area contributed by atoms with Gasteiger partial charge in [0, 0.05) is 19.8 Å². The maximum Gasteiger partial charge on any atom is 0.156 e. The standard InChI is InChI=1S/C19H40N2S.HI/c1-4-5-6-7-8-9-10-11-12-13-14-15-16-17-18-22-19(20-2)21-3;/h4-18H2,1-3H3,(H,20,21);1H. The van der Waals surface area contributed by atoms with E-state index in [1.54, 1.807) is 0 Å². The predicted molar refractivity (Wildman–Crippen MR) is 121 cm³/mol. The Labute approximate surface area is 167 Å². The maximum atomic E-state index is 4.18. The lowest BCUT2D eigenvalue weighted by Gasteiger charge is -2.04. The molecule has 2 nitrogen and oxygen atoms in total. The third-order valence-electron chi connectivity index (χ3n) is 4.15. The number of hydrogen-bond donors (Lipinski definition) is 1. The molecule has 0 amide bonds. The van der Waals surface area contributed by atoms with Crippen molar-refractivity contribution in [2.75, 3.05) is 19.8 Å². The summed E-state index contributed by atoms with van der Waals surface area (Å²) in [7, 11) is 3.80. The topological polar surface area (TPSA) is 24.4 Å². The molecule has 0 aromatic rings. The van der Waals surface area contributed by atoms with E-state index in [4.69, 9.17) is 0 Å². The highest BCUT2D eigenvalue weighted by Crippen LogP contribution is 2.14. The van der Waals surface area contributed by atoms with Crippen molar-refractivity contribution in [3.63, 3.8) is 0 Å². The normalized spacial score (nSPS) is 11.3. The van der Waals surface area contributed by atoms with Gasteiger partial charge in [-0.1, -0.05) is 102 Å². The van der Waals surface area contributed by atoms with E-state index >= 15 is 0 Å². The van der Waals surface area contributed by atoms with Gasteiger partial charge in [-0.25, -0.2) is 0 Å². The van der Waals surface area contributed by atoms with Crippen molar-refractivity contribution in [1.82, 2.24) is 5.32 Å². The van der Waals surface area contributed by atoms with Gasteiger partial charge in [0.05, 0.1) is 0 Å². The Morgan fingerprint density at radius 2 is 1.13 bits per heavy atom. The molecule has 4 heteroatoms. The molecule has 0 radical (unpaired) electrons. The summed E-state index contributed by atoms with van der Waals surface area (Å²) in [5.74, 6) is 1.20. The van der Waals surface area contributed by atoms with Gasteiger partial charge in [-0.15, -0.1) is 24.0 Å². The molecular weight excluding hydrogens is 415 g/mol. The molecule has 0 aliphatic rings. The van der Waals surface area contributed by atoms with E-state index in [1.807, 2.05) is 25.9 Å². The van der Waals surface area contributed by atoms with Gasteiger partial charge in [0.2, 0.25) is 0 Å². The van der Waals surface area contributed by atoms with Crippen molar-refractivity contribution in [3.05, 3.63) is 0 Å². The van der Waals surface area contributed by atoms with Gasteiger partial charge < -0.3 is 5.32 Å². The Morgan fingerprint density at radius 3 is 1.48 bits per heavy atom. The summed E-state index contributed by atoms with van der Waals surface area (Å²) in [5.41, 5.74) is 0. The minimum Gasteiger partial charge on any atom is -0.368 e. The number of hydrogen-bond acceptors (Lipinski definition) is 2. The van der Waals surface area contributed by atoms with E-state index < -0.39 is 0 Å². The predicted octanol–water partition coefficient (Wildman–Crippen LogP) is 7.02. The first-order chi connectivity index (χ1) is 10.8. The number of halogens is 1. The van der Waals surface area contributed by atoms with Crippen LogP contribution in [0.1, 0.15) is 96.8 Å². The third kappa shape index (κ3) is 20.5. The third-order valence-corrected chi connectivity index (χ3v) is 5.31. The second-order valence-corrected chi connectivity index (χ2v) is 7.31. The maximum absolute atomic E-state index is 4.18. The van der Waals surface area contributed by atoms with Crippen molar-refractivity contribution in [3.8, 4) is 0 Å². The molecule has 140 valence electrons. The van der Waals surface area contributed by atoms with E-state index in [9.17, 15) is 0 Å². The summed E-state index contributed by atoms with van der Waals surface area (Å²) in [6.07, 6.45) is 20.0. The number of nitrogens with one attached hydrogen (secondary N) is 1. The van der Waals surface area contributed by atoms with Gasteiger partial charge in [-0.3, -0.25) is 4.99 Å². The molecule has 0 rings (SSSR count). The zero-order valence-electron chi connectivity index (χ0n) is 15.9. The zero-order valence-corrected chi connectivity index (χ0v) is 19.0. The number of thioether (sulfide) groups is 1. The highest BCUT2D eigenvalue weighted by molar-refractivity contribution is 14.0. The average Bonchev–Trinajstić information content (AvgIpc) is 2.55. The first-order valence-corrected chi connectivity index (χ1v) is 10.6. The quantitative estimate of drug-likeness (QED) is 0.124. The van der Waals surface area contributed by atoms with Crippen LogP contribution in [0, 0.1) is 0 Å². The molecular formula is C19H41IN2S. The minimum absolute atomic E-state index is 0. The summed E-state index contributed by atoms with van der Waals surface area (Å²) >= 11 is 1.84. The number of nitrogens with zero attached hydrogens (tertiary/aromatic N) is 1. The molecule has 23 heavy (non-hydrogen) atoms. The molecule has 0 bridgehead atoms. The van der Waals surface area contributed by atoms with Crippen LogP contribution in [0.5, 0.6) is 0 Å². The summed E-state index contributed by atoms with van der Waals surface area (Å²) in [6, 6.07) is 0. The molecule has 0 atom stereocenters. The van der Waals surface area contributed by atoms with Crippen molar-refractivity contribution < 1.29 is 0 Å². The highest BCUT2D eigenvalue weighted by Gasteiger charge is 1.96. The molecule has 0 aromatic heterocycles. The second-order valence-electron chi connectivity index (χ2n) is 6.22. The molecule has 0 aliphatic heterocycles. The Balaban J connectivity index is 0. The van der Waals surface area contributed by atoms with E-state index in [2.05, 4.69) is 17.2 Å². The molecule has 0 fully saturated rings. The van der Waals surface area contributed by atoms with E-state index in [-0.39, 0.29) is 24.0 Å². The van der Waals surface area contributed by atoms with E-state index in [0.717, 1.165) is 5.17 Å². The van der Waals surface area contributed by atoms with Crippen LogP contribution >= 0.6 is 35.7 Å². The van der Waals surface area contributed by atoms with Gasteiger partial charge in [0.25, 0.3) is 0 Å². The molecule has 1 N–H and O–H groups in total. The van der Waals surface area contributed by atoms with E-state index in [1.165, 1.54) is 95.6 Å². The Morgan fingerprint density at radius 1 is 0.739 bits per heavy atom. The monoisotopic (exact) mass is 456 g/mol. The molecule has 0 unspecified atom stereocenters. The first-order valence-electron chi connectivity index (χ1n) is 9.62. The Bertz CT molecular complexity index is 248. The van der Waals surface area contributed by atoms with Crippen molar-refractivity contribution >= 4 is 40.9 Å². The lowest BCUT2D eigenvalue weighted by molar-refractivity contribution is 0.538. The van der Waals surface area contributed by atoms with Crippen LogP contribution in [0.25, 0.3) is 0 Å². The molecule has 0 saturated heterocycles. The van der Waals surface area contributed by atoms with Crippen LogP contribution in [0.3, 0.4) is 0 Å². The van der Waals surface area contributed by atoms with Crippen molar-refractivity contribution in [2.24, 2.45) is 4.99 Å². The number of rotatable bonds is 15. The summed E-state index contributed by atoms with van der Waals surface area (Å²) in [5, 5.41) is 4.18. The number of unbranched alkanes of at least 4 members (excludes halogenated alkanes) is 13. The van der Waals surface area contributed by atoms with Gasteiger partial charge in [-0.2, -0.15) is 0 Å². The molecule has 0 saturated carbocycles. The minimum atomic E-state index is 0. The first kappa shape index (κ1) is 25.8. The van der Waals surface area contributed by atoms with Crippen LogP contribution in [-0.4, -0.2) is 25.0 Å². The van der Waals surface area contributed by atoms with Crippen LogP contribution < -0.4 is 5.32 Å². The number of aliphatic imine (C=N–C) groups is 1. The fourth-order valence-corrected chi connectivity index (χ4v) is 3.53. The average molecular weight is 457 g/mol. The van der Waals surface area contributed by atoms with Gasteiger partial charge in [-0.05, 0) is 6.42 Å². The number of amidine groups is 1. The van der Waals surface area contributed by atoms with Gasteiger partial charge in [0.1, 0.15) is 0 Å². The fraction of sp³-hybridized carbons (Fsp3) is 0.947. The Kier molecular flexibility index (Phi) is 25.3. The van der Waals surface area contributed by atoms with Crippen LogP contribution in [-0.2, 0) is 0 Å². The van der Waals surface area contributed by atoms with Gasteiger partial charge in [0.15, 0.2) is 5.17 Å². The summed E-state index contributed by atoms with van der Waals surface area (Å²) in [4.78, 5) is 4.18. The lowest BCUT2D eigenvalue weighted by Crippen LogP contribution is -2.14. The summed E-state index contributed by atoms with van der Waals surface area (Å²) < 4.78 is 0. The highest BCUT2D eigenvalue weighted by atomic mass is 127. The molecule has 0 aliphatic carbocycles. The Hall–Kier alpha value is 0.550. The lowest BCUT2D eigenvalue weighted by atomic mass is 10.0. The van der Waals surface area contributed by atoms with Crippen LogP contribution in [0.4, 0.5) is 0 Å². The van der Waals surface area contributed by atoms with Crippen molar-refractivity contribution in [1.29, 1.82) is 0 Å². The zero-order chi connectivity index (χ0) is 16.3. The SMILES string of the molecule is CCCCCCCCCCCCCCCCSC(=NC)NC.I. The largest absolute Gasteiger partial charge is 0.368 e. The summed E-state index contributed by atoms with van der Waals surface area (Å²) in [6.45, 7) is 2.29. The fourth-order valence-electron chi connectivity index (χ4n) is 2.71. The smallest absolute Gasteiger partial charge is 0.156 e. The van der Waals surface area contributed by atoms with Gasteiger partial charge >= 0.3 is 0 Å². The second kappa shape index (κ2) is 22.6. The van der Waals surface area contributed by atoms with Crippen LogP contribution in [0.15, 0.2) is 4.99 Å².